The molecular weight excluding hydrogens is 236 g/mol. The summed E-state index contributed by atoms with van der Waals surface area (Å²) in [6, 6.07) is 2.54. The van der Waals surface area contributed by atoms with E-state index in [9.17, 15) is 5.26 Å². The smallest absolute Gasteiger partial charge is 0.122 e. The number of piperidine rings is 1. The number of anilines is 1. The minimum atomic E-state index is 0.318. The highest BCUT2D eigenvalue weighted by Crippen LogP contribution is 2.28. The van der Waals surface area contributed by atoms with Crippen LogP contribution in [-0.2, 0) is 0 Å². The van der Waals surface area contributed by atoms with E-state index in [0.717, 1.165) is 17.8 Å². The number of likely N-dealkylation sites (tertiary alicyclic amines) is 1. The number of nitrogens with zero attached hydrogens (tertiary/aromatic N) is 3. The van der Waals surface area contributed by atoms with Crippen molar-refractivity contribution in [3.63, 3.8) is 0 Å². The second-order valence-corrected chi connectivity index (χ2v) is 5.66. The lowest BCUT2D eigenvalue weighted by Gasteiger charge is -2.30. The van der Waals surface area contributed by atoms with Crippen LogP contribution in [0.3, 0.4) is 0 Å². The molecule has 1 saturated heterocycles. The van der Waals surface area contributed by atoms with E-state index < -0.39 is 0 Å². The maximum absolute atomic E-state index is 9.19. The summed E-state index contributed by atoms with van der Waals surface area (Å²) in [6.07, 6.45) is 3.96. The van der Waals surface area contributed by atoms with E-state index in [-0.39, 0.29) is 0 Å². The number of hydrogen-bond acceptors (Lipinski definition) is 3. The molecule has 4 heteroatoms. The topological polar surface area (TPSA) is 58.0 Å². The molecule has 4 nitrogen and oxygen atoms in total. The fourth-order valence-electron chi connectivity index (χ4n) is 3.16. The fraction of sp³-hybridized carbons (Fsp3) is 0.667. The highest BCUT2D eigenvalue weighted by molar-refractivity contribution is 5.58. The second-order valence-electron chi connectivity index (χ2n) is 5.66. The first kappa shape index (κ1) is 14.0. The first-order valence-electron chi connectivity index (χ1n) is 7.15. The zero-order valence-corrected chi connectivity index (χ0v) is 12.2. The molecule has 19 heavy (non-hydrogen) atoms. The molecule has 1 aromatic rings. The number of nitrogens with two attached hydrogens (primary N) is 1. The van der Waals surface area contributed by atoms with Crippen LogP contribution in [0.5, 0.6) is 0 Å². The van der Waals surface area contributed by atoms with Crippen LogP contribution in [0, 0.1) is 25.2 Å². The number of nitriles is 1. The van der Waals surface area contributed by atoms with E-state index in [1.54, 1.807) is 0 Å². The average molecular weight is 260 g/mol. The van der Waals surface area contributed by atoms with Crippen LogP contribution in [-0.4, -0.2) is 29.1 Å². The van der Waals surface area contributed by atoms with Crippen LogP contribution in [0.1, 0.15) is 49.0 Å². The summed E-state index contributed by atoms with van der Waals surface area (Å²) < 4.78 is 2.13. The first-order chi connectivity index (χ1) is 9.06. The summed E-state index contributed by atoms with van der Waals surface area (Å²) in [7, 11) is 0. The van der Waals surface area contributed by atoms with E-state index in [1.165, 1.54) is 32.4 Å². The molecule has 104 valence electrons. The Morgan fingerprint density at radius 3 is 2.42 bits per heavy atom. The van der Waals surface area contributed by atoms with Gasteiger partial charge >= 0.3 is 0 Å². The van der Waals surface area contributed by atoms with E-state index in [2.05, 4.69) is 29.4 Å². The fourth-order valence-corrected chi connectivity index (χ4v) is 3.16. The average Bonchev–Trinajstić information content (AvgIpc) is 2.61. The third-order valence-electron chi connectivity index (χ3n) is 4.32. The van der Waals surface area contributed by atoms with Gasteiger partial charge in [0.15, 0.2) is 0 Å². The van der Waals surface area contributed by atoms with Crippen LogP contribution in [0.15, 0.2) is 0 Å². The van der Waals surface area contributed by atoms with Gasteiger partial charge < -0.3 is 15.2 Å². The lowest BCUT2D eigenvalue weighted by molar-refractivity contribution is 0.202. The summed E-state index contributed by atoms with van der Waals surface area (Å²) in [6.45, 7) is 9.62. The Kier molecular flexibility index (Phi) is 4.16. The minimum Gasteiger partial charge on any atom is -0.384 e. The Morgan fingerprint density at radius 2 is 1.89 bits per heavy atom. The molecule has 0 spiro atoms. The van der Waals surface area contributed by atoms with Crippen molar-refractivity contribution >= 4 is 5.82 Å². The lowest BCUT2D eigenvalue weighted by Crippen LogP contribution is -2.34. The highest BCUT2D eigenvalue weighted by Gasteiger charge is 2.21. The van der Waals surface area contributed by atoms with Crippen LogP contribution in [0.25, 0.3) is 0 Å². The van der Waals surface area contributed by atoms with Crippen LogP contribution >= 0.6 is 0 Å². The molecule has 1 atom stereocenters. The zero-order chi connectivity index (χ0) is 14.0. The maximum atomic E-state index is 9.19. The Labute approximate surface area is 115 Å². The van der Waals surface area contributed by atoms with Gasteiger partial charge in [-0.05, 0) is 52.3 Å². The van der Waals surface area contributed by atoms with Gasteiger partial charge in [-0.15, -0.1) is 0 Å². The van der Waals surface area contributed by atoms with Crippen molar-refractivity contribution in [2.75, 3.05) is 25.4 Å². The van der Waals surface area contributed by atoms with Crippen molar-refractivity contribution in [1.82, 2.24) is 9.47 Å². The second kappa shape index (κ2) is 5.66. The molecule has 2 rings (SSSR count). The number of aromatic nitrogens is 1. The van der Waals surface area contributed by atoms with Crippen molar-refractivity contribution in [3.8, 4) is 6.07 Å². The molecule has 1 aliphatic heterocycles. The van der Waals surface area contributed by atoms with Crippen molar-refractivity contribution in [3.05, 3.63) is 16.8 Å². The van der Waals surface area contributed by atoms with Gasteiger partial charge in [0.1, 0.15) is 11.9 Å². The molecule has 1 aromatic heterocycles. The third kappa shape index (κ3) is 2.62. The van der Waals surface area contributed by atoms with Gasteiger partial charge in [0, 0.05) is 18.3 Å². The minimum absolute atomic E-state index is 0.318. The Morgan fingerprint density at radius 1 is 1.26 bits per heavy atom. The SMILES string of the molecule is Cc1c(C#N)c(N)n(C(C)CN2CCCCC2)c1C. The van der Waals surface area contributed by atoms with Gasteiger partial charge in [0.05, 0.1) is 5.56 Å². The predicted molar refractivity (Wildman–Crippen MR) is 78.0 cm³/mol. The third-order valence-corrected chi connectivity index (χ3v) is 4.32. The number of rotatable bonds is 3. The molecular formula is C15H24N4. The highest BCUT2D eigenvalue weighted by atomic mass is 15.2. The Balaban J connectivity index is 2.19. The first-order valence-corrected chi connectivity index (χ1v) is 7.15. The summed E-state index contributed by atoms with van der Waals surface area (Å²) in [5.74, 6) is 0.627. The molecule has 1 unspecified atom stereocenters. The van der Waals surface area contributed by atoms with Crippen molar-refractivity contribution < 1.29 is 0 Å². The maximum Gasteiger partial charge on any atom is 0.122 e. The zero-order valence-electron chi connectivity index (χ0n) is 12.2. The summed E-state index contributed by atoms with van der Waals surface area (Å²) in [4.78, 5) is 2.51. The van der Waals surface area contributed by atoms with Gasteiger partial charge in [-0.1, -0.05) is 6.42 Å². The molecule has 1 fully saturated rings. The van der Waals surface area contributed by atoms with Crippen LogP contribution in [0.2, 0.25) is 0 Å². The Hall–Kier alpha value is -1.47. The quantitative estimate of drug-likeness (QED) is 0.908. The molecule has 0 saturated carbocycles. The van der Waals surface area contributed by atoms with E-state index in [1.807, 2.05) is 6.92 Å². The largest absolute Gasteiger partial charge is 0.384 e. The van der Waals surface area contributed by atoms with Crippen molar-refractivity contribution in [2.45, 2.75) is 46.1 Å². The van der Waals surface area contributed by atoms with Gasteiger partial charge in [0.25, 0.3) is 0 Å². The van der Waals surface area contributed by atoms with E-state index >= 15 is 0 Å². The molecule has 0 radical (unpaired) electrons. The van der Waals surface area contributed by atoms with Crippen molar-refractivity contribution in [2.24, 2.45) is 0 Å². The van der Waals surface area contributed by atoms with Gasteiger partial charge in [0.2, 0.25) is 0 Å². The molecule has 2 N–H and O–H groups in total. The van der Waals surface area contributed by atoms with Gasteiger partial charge in [-0.2, -0.15) is 5.26 Å². The molecule has 0 aromatic carbocycles. The van der Waals surface area contributed by atoms with Gasteiger partial charge in [-0.3, -0.25) is 0 Å². The Bertz CT molecular complexity index is 489. The summed E-state index contributed by atoms with van der Waals surface area (Å²) in [5, 5.41) is 9.19. The van der Waals surface area contributed by atoms with E-state index in [4.69, 9.17) is 5.73 Å². The van der Waals surface area contributed by atoms with Crippen LogP contribution < -0.4 is 5.73 Å². The molecule has 0 aliphatic carbocycles. The normalized spacial score (nSPS) is 18.2. The summed E-state index contributed by atoms with van der Waals surface area (Å²) in [5.41, 5.74) is 8.93. The number of nitrogen functional groups attached to an aromatic ring is 1. The van der Waals surface area contributed by atoms with Crippen LogP contribution in [0.4, 0.5) is 5.82 Å². The summed E-state index contributed by atoms with van der Waals surface area (Å²) >= 11 is 0. The molecule has 1 aliphatic rings. The van der Waals surface area contributed by atoms with Crippen molar-refractivity contribution in [1.29, 1.82) is 5.26 Å². The van der Waals surface area contributed by atoms with Gasteiger partial charge in [-0.25, -0.2) is 0 Å². The standard InChI is InChI=1S/C15H24N4/c1-11(10-18-7-5-4-6-8-18)19-13(3)12(2)14(9-16)15(19)17/h11H,4-8,10,17H2,1-3H3. The molecule has 2 heterocycles. The monoisotopic (exact) mass is 260 g/mol. The molecule has 0 amide bonds. The number of hydrogen-bond donors (Lipinski definition) is 1. The predicted octanol–water partition coefficient (Wildman–Crippen LogP) is 2.61. The van der Waals surface area contributed by atoms with E-state index in [0.29, 0.717) is 17.4 Å². The molecule has 0 bridgehead atoms. The lowest BCUT2D eigenvalue weighted by atomic mass is 10.1.